The van der Waals surface area contributed by atoms with E-state index < -0.39 is 12.1 Å². The molecule has 0 aromatic heterocycles. The van der Waals surface area contributed by atoms with Crippen LogP contribution in [-0.2, 0) is 9.53 Å². The summed E-state index contributed by atoms with van der Waals surface area (Å²) in [5.74, 6) is -0.161. The van der Waals surface area contributed by atoms with Crippen LogP contribution < -0.4 is 15.8 Å². The minimum atomic E-state index is -0.636. The molecule has 1 aromatic carbocycles. The molecule has 1 rings (SSSR count). The highest BCUT2D eigenvalue weighted by Gasteiger charge is 2.09. The summed E-state index contributed by atoms with van der Waals surface area (Å²) >= 11 is 6.13. The van der Waals surface area contributed by atoms with E-state index in [0.29, 0.717) is 28.9 Å². The van der Waals surface area contributed by atoms with Gasteiger partial charge in [0.25, 0.3) is 0 Å². The zero-order valence-corrected chi connectivity index (χ0v) is 14.3. The Morgan fingerprint density at radius 2 is 2.17 bits per heavy atom. The minimum Gasteiger partial charge on any atom is -0.489 e. The Balaban J connectivity index is 2.65. The number of ether oxygens (including phenoxy) is 2. The van der Waals surface area contributed by atoms with Crippen molar-refractivity contribution in [1.82, 2.24) is 5.32 Å². The SMILES string of the molecule is COC(=O)/C(N)=C/c1ccc(OCC(O)CNC(C)C)c(Cl)c1. The number of hydrogen-bond acceptors (Lipinski definition) is 6. The van der Waals surface area contributed by atoms with Crippen LogP contribution >= 0.6 is 11.6 Å². The van der Waals surface area contributed by atoms with Crippen molar-refractivity contribution in [3.8, 4) is 5.75 Å². The highest BCUT2D eigenvalue weighted by Crippen LogP contribution is 2.26. The monoisotopic (exact) mass is 342 g/mol. The number of nitrogens with one attached hydrogen (secondary N) is 1. The van der Waals surface area contributed by atoms with Crippen molar-refractivity contribution >= 4 is 23.6 Å². The number of rotatable bonds is 8. The molecule has 0 aliphatic heterocycles. The summed E-state index contributed by atoms with van der Waals surface area (Å²) in [5.41, 5.74) is 6.20. The van der Waals surface area contributed by atoms with Gasteiger partial charge in [0.1, 0.15) is 24.2 Å². The van der Waals surface area contributed by atoms with Gasteiger partial charge in [-0.25, -0.2) is 4.79 Å². The molecular formula is C16H23ClN2O4. The third kappa shape index (κ3) is 6.90. The first kappa shape index (κ1) is 19.3. The Hall–Kier alpha value is -1.76. The average Bonchev–Trinajstić information content (AvgIpc) is 2.51. The number of nitrogens with two attached hydrogens (primary N) is 1. The normalized spacial score (nSPS) is 13.0. The van der Waals surface area contributed by atoms with E-state index in [9.17, 15) is 9.90 Å². The van der Waals surface area contributed by atoms with E-state index in [2.05, 4.69) is 10.1 Å². The van der Waals surface area contributed by atoms with Crippen LogP contribution in [0.2, 0.25) is 5.02 Å². The van der Waals surface area contributed by atoms with Crippen molar-refractivity contribution in [3.05, 3.63) is 34.5 Å². The first-order chi connectivity index (χ1) is 10.8. The van der Waals surface area contributed by atoms with Crippen LogP contribution in [0.15, 0.2) is 23.9 Å². The number of hydrogen-bond donors (Lipinski definition) is 3. The van der Waals surface area contributed by atoms with E-state index in [1.54, 1.807) is 18.2 Å². The van der Waals surface area contributed by atoms with E-state index in [1.165, 1.54) is 13.2 Å². The lowest BCUT2D eigenvalue weighted by Gasteiger charge is -2.15. The second kappa shape index (κ2) is 9.39. The fourth-order valence-corrected chi connectivity index (χ4v) is 1.94. The lowest BCUT2D eigenvalue weighted by atomic mass is 10.2. The molecule has 0 aliphatic carbocycles. The van der Waals surface area contributed by atoms with Gasteiger partial charge in [-0.2, -0.15) is 0 Å². The number of aliphatic hydroxyl groups excluding tert-OH is 1. The number of benzene rings is 1. The average molecular weight is 343 g/mol. The van der Waals surface area contributed by atoms with Gasteiger partial charge in [-0.15, -0.1) is 0 Å². The van der Waals surface area contributed by atoms with E-state index in [4.69, 9.17) is 22.1 Å². The molecule has 0 fully saturated rings. The second-order valence-electron chi connectivity index (χ2n) is 5.31. The van der Waals surface area contributed by atoms with Crippen molar-refractivity contribution in [2.45, 2.75) is 26.0 Å². The Morgan fingerprint density at radius 1 is 1.48 bits per heavy atom. The largest absolute Gasteiger partial charge is 0.489 e. The van der Waals surface area contributed by atoms with Crippen LogP contribution in [0.1, 0.15) is 19.4 Å². The van der Waals surface area contributed by atoms with Crippen molar-refractivity contribution in [1.29, 1.82) is 0 Å². The highest BCUT2D eigenvalue weighted by molar-refractivity contribution is 6.32. The van der Waals surface area contributed by atoms with Gasteiger partial charge in [0, 0.05) is 12.6 Å². The molecule has 7 heteroatoms. The summed E-state index contributed by atoms with van der Waals surface area (Å²) in [6.07, 6.45) is 0.825. The van der Waals surface area contributed by atoms with Gasteiger partial charge in [0.05, 0.1) is 12.1 Å². The molecule has 0 spiro atoms. The van der Waals surface area contributed by atoms with Crippen molar-refractivity contribution in [3.63, 3.8) is 0 Å². The number of carbonyl (C=O) groups excluding carboxylic acids is 1. The second-order valence-corrected chi connectivity index (χ2v) is 5.72. The Morgan fingerprint density at radius 3 is 2.74 bits per heavy atom. The number of carbonyl (C=O) groups is 1. The molecule has 1 unspecified atom stereocenters. The summed E-state index contributed by atoms with van der Waals surface area (Å²) in [6, 6.07) is 5.27. The third-order valence-corrected chi connectivity index (χ3v) is 3.19. The first-order valence-electron chi connectivity index (χ1n) is 7.22. The molecule has 0 aliphatic rings. The predicted octanol–water partition coefficient (Wildman–Crippen LogP) is 1.55. The van der Waals surface area contributed by atoms with Gasteiger partial charge in [-0.05, 0) is 23.8 Å². The van der Waals surface area contributed by atoms with Crippen LogP contribution in [0.4, 0.5) is 0 Å². The van der Waals surface area contributed by atoms with Gasteiger partial charge >= 0.3 is 5.97 Å². The predicted molar refractivity (Wildman–Crippen MR) is 90.3 cm³/mol. The quantitative estimate of drug-likeness (QED) is 0.490. The topological polar surface area (TPSA) is 93.8 Å². The molecule has 1 aromatic rings. The van der Waals surface area contributed by atoms with Gasteiger partial charge in [0.15, 0.2) is 0 Å². The number of esters is 1. The van der Waals surface area contributed by atoms with Gasteiger partial charge in [-0.1, -0.05) is 31.5 Å². The number of halogens is 1. The fourth-order valence-electron chi connectivity index (χ4n) is 1.70. The van der Waals surface area contributed by atoms with E-state index in [1.807, 2.05) is 13.8 Å². The fraction of sp³-hybridized carbons (Fsp3) is 0.438. The molecular weight excluding hydrogens is 320 g/mol. The Kier molecular flexibility index (Phi) is 7.88. The van der Waals surface area contributed by atoms with Crippen molar-refractivity contribution in [2.24, 2.45) is 5.73 Å². The molecule has 0 radical (unpaired) electrons. The molecule has 4 N–H and O–H groups in total. The lowest BCUT2D eigenvalue weighted by Crippen LogP contribution is -2.35. The molecule has 0 bridgehead atoms. The number of aliphatic hydroxyl groups is 1. The van der Waals surface area contributed by atoms with Crippen molar-refractivity contribution in [2.75, 3.05) is 20.3 Å². The molecule has 0 saturated carbocycles. The molecule has 0 amide bonds. The zero-order chi connectivity index (χ0) is 17.4. The molecule has 0 heterocycles. The molecule has 23 heavy (non-hydrogen) atoms. The highest BCUT2D eigenvalue weighted by atomic mass is 35.5. The summed E-state index contributed by atoms with van der Waals surface area (Å²) in [6.45, 7) is 4.55. The summed E-state index contributed by atoms with van der Waals surface area (Å²) in [7, 11) is 1.26. The Bertz CT molecular complexity index is 561. The lowest BCUT2D eigenvalue weighted by molar-refractivity contribution is -0.136. The van der Waals surface area contributed by atoms with Crippen LogP contribution in [-0.4, -0.2) is 43.5 Å². The summed E-state index contributed by atoms with van der Waals surface area (Å²) in [5, 5.41) is 13.3. The van der Waals surface area contributed by atoms with Crippen LogP contribution in [0.5, 0.6) is 5.75 Å². The molecule has 128 valence electrons. The molecule has 0 saturated heterocycles. The van der Waals surface area contributed by atoms with Crippen LogP contribution in [0, 0.1) is 0 Å². The standard InChI is InChI=1S/C16H23ClN2O4/c1-10(2)19-8-12(20)9-23-15-5-4-11(6-13(15)17)7-14(18)16(21)22-3/h4-7,10,12,19-20H,8-9,18H2,1-3H3/b14-7-. The maximum atomic E-state index is 11.2. The van der Waals surface area contributed by atoms with Gasteiger partial charge in [0.2, 0.25) is 0 Å². The summed E-state index contributed by atoms with van der Waals surface area (Å²) in [4.78, 5) is 11.2. The van der Waals surface area contributed by atoms with Crippen molar-refractivity contribution < 1.29 is 19.4 Å². The zero-order valence-electron chi connectivity index (χ0n) is 13.5. The maximum Gasteiger partial charge on any atom is 0.353 e. The Labute approximate surface area is 141 Å². The summed E-state index contributed by atoms with van der Waals surface area (Å²) < 4.78 is 10.0. The third-order valence-electron chi connectivity index (χ3n) is 2.89. The smallest absolute Gasteiger partial charge is 0.353 e. The van der Waals surface area contributed by atoms with Crippen LogP contribution in [0.25, 0.3) is 6.08 Å². The number of methoxy groups -OCH3 is 1. The minimum absolute atomic E-state index is 0.0209. The van der Waals surface area contributed by atoms with Crippen LogP contribution in [0.3, 0.4) is 0 Å². The van der Waals surface area contributed by atoms with Gasteiger partial charge in [-0.3, -0.25) is 0 Å². The first-order valence-corrected chi connectivity index (χ1v) is 7.60. The van der Waals surface area contributed by atoms with E-state index >= 15 is 0 Å². The maximum absolute atomic E-state index is 11.2. The molecule has 1 atom stereocenters. The van der Waals surface area contributed by atoms with Gasteiger partial charge < -0.3 is 25.6 Å². The van der Waals surface area contributed by atoms with E-state index in [-0.39, 0.29) is 12.3 Å². The molecule has 6 nitrogen and oxygen atoms in total. The van der Waals surface area contributed by atoms with E-state index in [0.717, 1.165) is 0 Å².